The Morgan fingerprint density at radius 1 is 0.588 bits per heavy atom. The van der Waals surface area contributed by atoms with E-state index in [0.29, 0.717) is 0 Å². The predicted molar refractivity (Wildman–Crippen MR) is 80.0 cm³/mol. The Morgan fingerprint density at radius 2 is 0.824 bits per heavy atom. The van der Waals surface area contributed by atoms with Crippen molar-refractivity contribution < 1.29 is 0 Å². The summed E-state index contributed by atoms with van der Waals surface area (Å²) in [7, 11) is -1.08. The Bertz CT molecular complexity index is 347. The van der Waals surface area contributed by atoms with Crippen LogP contribution < -0.4 is 0 Å². The minimum absolute atomic E-state index is 1.08. The molecule has 92 valence electrons. The Kier molecular flexibility index (Phi) is 3.57. The van der Waals surface area contributed by atoms with E-state index < -0.39 is 8.07 Å². The van der Waals surface area contributed by atoms with Crippen LogP contribution in [0.1, 0.15) is 27.7 Å². The number of hydrogen-bond acceptors (Lipinski definition) is 0. The lowest BCUT2D eigenvalue weighted by Crippen LogP contribution is -2.25. The number of hydrogen-bond donors (Lipinski definition) is 0. The summed E-state index contributed by atoms with van der Waals surface area (Å²) in [5.41, 5.74) is 6.58. The summed E-state index contributed by atoms with van der Waals surface area (Å²) in [6.07, 6.45) is 9.39. The normalized spacial score (nSPS) is 38.4. The van der Waals surface area contributed by atoms with Crippen molar-refractivity contribution >= 4 is 8.07 Å². The molecular weight excluding hydrogens is 220 g/mol. The van der Waals surface area contributed by atoms with Gasteiger partial charge >= 0.3 is 0 Å². The van der Waals surface area contributed by atoms with Gasteiger partial charge in [-0.15, -0.1) is 0 Å². The first-order valence-corrected chi connectivity index (χ1v) is 9.62. The van der Waals surface area contributed by atoms with E-state index in [0.717, 1.165) is 0 Å². The SMILES string of the molecule is CC=C1C[Si]2(CC1=CC)CC(=CC)C(=CC)C2. The average molecular weight is 244 g/mol. The first kappa shape index (κ1) is 12.6. The van der Waals surface area contributed by atoms with Gasteiger partial charge in [0.2, 0.25) is 0 Å². The van der Waals surface area contributed by atoms with Crippen LogP contribution >= 0.6 is 0 Å². The fraction of sp³-hybridized carbons (Fsp3) is 0.500. The minimum atomic E-state index is -1.08. The maximum atomic E-state index is 2.35. The topological polar surface area (TPSA) is 0 Å². The fourth-order valence-corrected chi connectivity index (χ4v) is 9.30. The van der Waals surface area contributed by atoms with Gasteiger partial charge in [0.05, 0.1) is 8.07 Å². The zero-order valence-corrected chi connectivity index (χ0v) is 12.6. The van der Waals surface area contributed by atoms with Gasteiger partial charge in [-0.3, -0.25) is 0 Å². The molecule has 0 amide bonds. The van der Waals surface area contributed by atoms with Crippen LogP contribution in [-0.4, -0.2) is 8.07 Å². The van der Waals surface area contributed by atoms with Crippen LogP contribution in [-0.2, 0) is 0 Å². The van der Waals surface area contributed by atoms with Crippen molar-refractivity contribution in [1.29, 1.82) is 0 Å². The van der Waals surface area contributed by atoms with E-state index >= 15 is 0 Å². The molecule has 0 aromatic carbocycles. The van der Waals surface area contributed by atoms with Gasteiger partial charge < -0.3 is 0 Å². The first-order chi connectivity index (χ1) is 8.18. The van der Waals surface area contributed by atoms with Gasteiger partial charge in [-0.05, 0) is 51.9 Å². The Balaban J connectivity index is 2.32. The maximum Gasteiger partial charge on any atom is 0.0710 e. The van der Waals surface area contributed by atoms with Crippen molar-refractivity contribution in [3.63, 3.8) is 0 Å². The van der Waals surface area contributed by atoms with Gasteiger partial charge in [0.15, 0.2) is 0 Å². The standard InChI is InChI=1S/C16H24Si/c1-5-13-9-17(10-14(13)6-2)11-15(7-3)16(8-4)12-17/h5-8H,9-12H2,1-4H3. The fourth-order valence-electron chi connectivity index (χ4n) is 3.59. The molecule has 2 fully saturated rings. The molecule has 2 aliphatic heterocycles. The third kappa shape index (κ3) is 2.13. The van der Waals surface area contributed by atoms with Crippen molar-refractivity contribution in [3.05, 3.63) is 46.6 Å². The molecule has 0 unspecified atom stereocenters. The maximum absolute atomic E-state index is 2.35. The third-order valence-corrected chi connectivity index (χ3v) is 9.00. The molecule has 2 aliphatic rings. The van der Waals surface area contributed by atoms with Crippen molar-refractivity contribution in [3.8, 4) is 0 Å². The van der Waals surface area contributed by atoms with E-state index in [1.807, 2.05) is 0 Å². The highest BCUT2D eigenvalue weighted by atomic mass is 28.3. The van der Waals surface area contributed by atoms with Gasteiger partial charge in [0.25, 0.3) is 0 Å². The molecule has 0 aliphatic carbocycles. The second kappa shape index (κ2) is 4.81. The van der Waals surface area contributed by atoms with Crippen molar-refractivity contribution in [2.75, 3.05) is 0 Å². The molecule has 2 saturated heterocycles. The monoisotopic (exact) mass is 244 g/mol. The van der Waals surface area contributed by atoms with Crippen LogP contribution in [0.4, 0.5) is 0 Å². The molecule has 0 aromatic heterocycles. The number of rotatable bonds is 0. The van der Waals surface area contributed by atoms with E-state index in [1.165, 1.54) is 24.2 Å². The zero-order chi connectivity index (χ0) is 12.5. The Hall–Kier alpha value is -0.823. The molecule has 0 bridgehead atoms. The summed E-state index contributed by atoms with van der Waals surface area (Å²) in [6, 6.07) is 5.66. The second-order valence-corrected chi connectivity index (χ2v) is 9.88. The summed E-state index contributed by atoms with van der Waals surface area (Å²) in [6.45, 7) is 8.81. The summed E-state index contributed by atoms with van der Waals surface area (Å²) in [4.78, 5) is 0. The molecule has 0 aromatic rings. The summed E-state index contributed by atoms with van der Waals surface area (Å²) >= 11 is 0. The smallest absolute Gasteiger partial charge is 0.0710 e. The van der Waals surface area contributed by atoms with Crippen LogP contribution in [0.5, 0.6) is 0 Å². The molecule has 0 N–H and O–H groups in total. The molecule has 0 nitrogen and oxygen atoms in total. The van der Waals surface area contributed by atoms with E-state index in [9.17, 15) is 0 Å². The molecule has 2 rings (SSSR count). The zero-order valence-electron chi connectivity index (χ0n) is 11.6. The molecule has 17 heavy (non-hydrogen) atoms. The van der Waals surface area contributed by atoms with E-state index in [1.54, 1.807) is 22.3 Å². The predicted octanol–water partition coefficient (Wildman–Crippen LogP) is 5.25. The quantitative estimate of drug-likeness (QED) is 0.511. The Labute approximate surface area is 107 Å². The molecule has 0 radical (unpaired) electrons. The van der Waals surface area contributed by atoms with Gasteiger partial charge in [-0.1, -0.05) is 46.6 Å². The highest BCUT2D eigenvalue weighted by Gasteiger charge is 2.45. The molecular formula is C16H24Si. The van der Waals surface area contributed by atoms with Crippen LogP contribution in [0.25, 0.3) is 0 Å². The highest BCUT2D eigenvalue weighted by Crippen LogP contribution is 2.52. The minimum Gasteiger partial charge on any atom is -0.0845 e. The molecule has 0 atom stereocenters. The lowest BCUT2D eigenvalue weighted by atomic mass is 10.1. The lowest BCUT2D eigenvalue weighted by molar-refractivity contribution is 1.37. The number of allylic oxidation sites excluding steroid dienone is 8. The van der Waals surface area contributed by atoms with Crippen LogP contribution in [0.3, 0.4) is 0 Å². The van der Waals surface area contributed by atoms with E-state index in [2.05, 4.69) is 52.0 Å². The molecule has 2 heterocycles. The van der Waals surface area contributed by atoms with E-state index in [-0.39, 0.29) is 0 Å². The van der Waals surface area contributed by atoms with Crippen LogP contribution in [0.2, 0.25) is 24.2 Å². The molecule has 0 saturated carbocycles. The second-order valence-electron chi connectivity index (χ2n) is 5.46. The van der Waals surface area contributed by atoms with Gasteiger partial charge in [-0.25, -0.2) is 0 Å². The van der Waals surface area contributed by atoms with Gasteiger partial charge in [0, 0.05) is 0 Å². The molecule has 1 spiro atoms. The molecule has 1 heteroatoms. The first-order valence-electron chi connectivity index (χ1n) is 6.79. The van der Waals surface area contributed by atoms with Gasteiger partial charge in [-0.2, -0.15) is 0 Å². The average Bonchev–Trinajstić information content (AvgIpc) is 2.89. The van der Waals surface area contributed by atoms with Crippen LogP contribution in [0, 0.1) is 0 Å². The summed E-state index contributed by atoms with van der Waals surface area (Å²) in [5.74, 6) is 0. The summed E-state index contributed by atoms with van der Waals surface area (Å²) in [5, 5.41) is 0. The lowest BCUT2D eigenvalue weighted by Gasteiger charge is -2.17. The van der Waals surface area contributed by atoms with E-state index in [4.69, 9.17) is 0 Å². The largest absolute Gasteiger partial charge is 0.0845 e. The van der Waals surface area contributed by atoms with Crippen molar-refractivity contribution in [1.82, 2.24) is 0 Å². The van der Waals surface area contributed by atoms with Gasteiger partial charge in [0.1, 0.15) is 0 Å². The Morgan fingerprint density at radius 3 is 1.00 bits per heavy atom. The summed E-state index contributed by atoms with van der Waals surface area (Å²) < 4.78 is 0. The highest BCUT2D eigenvalue weighted by molar-refractivity contribution is 6.84. The third-order valence-electron chi connectivity index (χ3n) is 4.48. The van der Waals surface area contributed by atoms with Crippen LogP contribution in [0.15, 0.2) is 46.6 Å². The van der Waals surface area contributed by atoms with Crippen molar-refractivity contribution in [2.24, 2.45) is 0 Å². The van der Waals surface area contributed by atoms with Crippen molar-refractivity contribution in [2.45, 2.75) is 51.9 Å².